The molecule has 0 spiro atoms. The number of aryl methyl sites for hydroxylation is 1. The normalized spacial score (nSPS) is 16.2. The summed E-state index contributed by atoms with van der Waals surface area (Å²) in [5, 5.41) is 9.97. The zero-order valence-corrected chi connectivity index (χ0v) is 17.9. The van der Waals surface area contributed by atoms with Gasteiger partial charge in [0.1, 0.15) is 5.82 Å². The molecule has 2 aromatic carbocycles. The fourth-order valence-corrected chi connectivity index (χ4v) is 4.10. The van der Waals surface area contributed by atoms with Crippen LogP contribution in [0.3, 0.4) is 0 Å². The molecule has 1 aliphatic heterocycles. The fourth-order valence-electron chi connectivity index (χ4n) is 4.10. The van der Waals surface area contributed by atoms with Gasteiger partial charge in [-0.1, -0.05) is 30.3 Å². The van der Waals surface area contributed by atoms with Gasteiger partial charge in [-0.15, -0.1) is 0 Å². The first-order valence-corrected chi connectivity index (χ1v) is 11.0. The van der Waals surface area contributed by atoms with Crippen molar-refractivity contribution in [2.45, 2.75) is 32.2 Å². The third-order valence-corrected chi connectivity index (χ3v) is 5.91. The van der Waals surface area contributed by atoms with E-state index in [-0.39, 0.29) is 23.5 Å². The molecule has 1 fully saturated rings. The maximum atomic E-state index is 13.2. The van der Waals surface area contributed by atoms with Crippen LogP contribution in [0.1, 0.15) is 30.4 Å². The van der Waals surface area contributed by atoms with Gasteiger partial charge in [0.05, 0.1) is 17.8 Å². The second-order valence-electron chi connectivity index (χ2n) is 8.16. The summed E-state index contributed by atoms with van der Waals surface area (Å²) in [5.41, 5.74) is 3.65. The van der Waals surface area contributed by atoms with Gasteiger partial charge in [-0.05, 0) is 49.1 Å². The molecule has 0 saturated carbocycles. The number of carbonyl (C=O) groups is 2. The molecule has 0 bridgehead atoms. The van der Waals surface area contributed by atoms with E-state index >= 15 is 0 Å². The van der Waals surface area contributed by atoms with Crippen molar-refractivity contribution in [1.29, 1.82) is 0 Å². The summed E-state index contributed by atoms with van der Waals surface area (Å²) in [6.45, 7) is 1.43. The molecule has 1 aromatic heterocycles. The summed E-state index contributed by atoms with van der Waals surface area (Å²) >= 11 is 0. The van der Waals surface area contributed by atoms with Gasteiger partial charge in [-0.25, -0.2) is 4.39 Å². The van der Waals surface area contributed by atoms with Crippen LogP contribution in [0.25, 0.3) is 11.3 Å². The highest BCUT2D eigenvalue weighted by Crippen LogP contribution is 2.22. The number of hydrogen-bond acceptors (Lipinski definition) is 3. The molecule has 6 nitrogen and oxygen atoms in total. The summed E-state index contributed by atoms with van der Waals surface area (Å²) in [7, 11) is 0. The molecule has 1 saturated heterocycles. The number of likely N-dealkylation sites (tertiary alicyclic amines) is 1. The van der Waals surface area contributed by atoms with Crippen molar-refractivity contribution in [1.82, 2.24) is 20.4 Å². The highest BCUT2D eigenvalue weighted by molar-refractivity contribution is 5.84. The minimum atomic E-state index is -0.303. The van der Waals surface area contributed by atoms with Gasteiger partial charge < -0.3 is 10.2 Å². The van der Waals surface area contributed by atoms with Crippen molar-refractivity contribution >= 4 is 11.8 Å². The van der Waals surface area contributed by atoms with Crippen molar-refractivity contribution in [3.63, 3.8) is 0 Å². The van der Waals surface area contributed by atoms with E-state index in [0.717, 1.165) is 29.7 Å². The van der Waals surface area contributed by atoms with Crippen LogP contribution >= 0.6 is 0 Å². The van der Waals surface area contributed by atoms with Gasteiger partial charge in [-0.2, -0.15) is 5.10 Å². The molecule has 0 radical (unpaired) electrons. The van der Waals surface area contributed by atoms with Crippen LogP contribution in [0.5, 0.6) is 0 Å². The van der Waals surface area contributed by atoms with Crippen LogP contribution in [0, 0.1) is 11.7 Å². The predicted molar refractivity (Wildman–Crippen MR) is 120 cm³/mol. The van der Waals surface area contributed by atoms with Gasteiger partial charge in [0.15, 0.2) is 0 Å². The molecule has 3 aromatic rings. The number of aromatic nitrogens is 2. The molecule has 0 unspecified atom stereocenters. The predicted octanol–water partition coefficient (Wildman–Crippen LogP) is 3.70. The van der Waals surface area contributed by atoms with Crippen molar-refractivity contribution in [2.24, 2.45) is 5.92 Å². The second-order valence-corrected chi connectivity index (χ2v) is 8.16. The van der Waals surface area contributed by atoms with E-state index in [4.69, 9.17) is 0 Å². The minimum Gasteiger partial charge on any atom is -0.352 e. The van der Waals surface area contributed by atoms with Crippen molar-refractivity contribution in [3.8, 4) is 11.3 Å². The molecule has 32 heavy (non-hydrogen) atoms. The number of carbonyl (C=O) groups excluding carboxylic acids is 2. The zero-order chi connectivity index (χ0) is 22.3. The van der Waals surface area contributed by atoms with Gasteiger partial charge in [0.25, 0.3) is 0 Å². The molecular formula is C25H27FN4O2. The third kappa shape index (κ3) is 5.41. The second kappa shape index (κ2) is 10.2. The van der Waals surface area contributed by atoms with Crippen LogP contribution in [0.2, 0.25) is 0 Å². The first-order valence-electron chi connectivity index (χ1n) is 11.0. The van der Waals surface area contributed by atoms with Crippen molar-refractivity contribution in [3.05, 3.63) is 77.7 Å². The molecule has 1 aliphatic rings. The van der Waals surface area contributed by atoms with Crippen LogP contribution < -0.4 is 5.32 Å². The lowest BCUT2D eigenvalue weighted by Crippen LogP contribution is -2.46. The number of amides is 2. The average molecular weight is 435 g/mol. The number of benzene rings is 2. The topological polar surface area (TPSA) is 78.1 Å². The van der Waals surface area contributed by atoms with E-state index in [2.05, 4.69) is 27.6 Å². The lowest BCUT2D eigenvalue weighted by atomic mass is 9.96. The van der Waals surface area contributed by atoms with Gasteiger partial charge in [0, 0.05) is 37.2 Å². The monoisotopic (exact) mass is 434 g/mol. The molecule has 2 heterocycles. The fraction of sp³-hybridized carbons (Fsp3) is 0.320. The highest BCUT2D eigenvalue weighted by atomic mass is 19.1. The standard InChI is InChI=1S/C25H27FN4O2/c26-22-11-8-19(9-12-22)24-21(16-28-29-24)15-27-25(32)20-10-13-23(31)30(17-20)14-4-7-18-5-2-1-3-6-18/h1-3,5-6,8-9,11-12,16,20H,4,7,10,13-15,17H2,(H,27,32)(H,28,29)/t20-/m1/s1. The number of rotatable bonds is 8. The van der Waals surface area contributed by atoms with E-state index < -0.39 is 0 Å². The smallest absolute Gasteiger partial charge is 0.225 e. The summed E-state index contributed by atoms with van der Waals surface area (Å²) < 4.78 is 13.2. The molecule has 4 rings (SSSR count). The van der Waals surface area contributed by atoms with Crippen LogP contribution in [0.15, 0.2) is 60.8 Å². The van der Waals surface area contributed by atoms with Crippen LogP contribution in [0.4, 0.5) is 4.39 Å². The average Bonchev–Trinajstić information content (AvgIpc) is 3.28. The summed E-state index contributed by atoms with van der Waals surface area (Å²) in [5.74, 6) is -0.457. The maximum absolute atomic E-state index is 13.2. The number of H-pyrrole nitrogens is 1. The van der Waals surface area contributed by atoms with E-state index in [1.807, 2.05) is 23.1 Å². The van der Waals surface area contributed by atoms with E-state index in [9.17, 15) is 14.0 Å². The Hall–Kier alpha value is -3.48. The Balaban J connectivity index is 1.29. The van der Waals surface area contributed by atoms with E-state index in [1.165, 1.54) is 17.7 Å². The van der Waals surface area contributed by atoms with Crippen molar-refractivity contribution < 1.29 is 14.0 Å². The summed E-state index contributed by atoms with van der Waals surface area (Å²) in [6.07, 6.45) is 4.42. The number of nitrogens with zero attached hydrogens (tertiary/aromatic N) is 2. The van der Waals surface area contributed by atoms with Crippen LogP contribution in [-0.2, 0) is 22.6 Å². The Labute approximate surface area is 186 Å². The van der Waals surface area contributed by atoms with Gasteiger partial charge in [0.2, 0.25) is 11.8 Å². The number of hydrogen-bond donors (Lipinski definition) is 2. The Bertz CT molecular complexity index is 1050. The number of piperidine rings is 1. The number of nitrogens with one attached hydrogen (secondary N) is 2. The SMILES string of the molecule is O=C(NCc1cn[nH]c1-c1ccc(F)cc1)[C@@H]1CCC(=O)N(CCCc2ccccc2)C1. The molecule has 166 valence electrons. The minimum absolute atomic E-state index is 0.0585. The Kier molecular flexibility index (Phi) is 6.94. The number of aromatic amines is 1. The lowest BCUT2D eigenvalue weighted by Gasteiger charge is -2.32. The number of halogens is 1. The highest BCUT2D eigenvalue weighted by Gasteiger charge is 2.29. The Morgan fingerprint density at radius 1 is 1.16 bits per heavy atom. The Morgan fingerprint density at radius 3 is 2.72 bits per heavy atom. The molecule has 1 atom stereocenters. The first kappa shape index (κ1) is 21.7. The quantitative estimate of drug-likeness (QED) is 0.567. The largest absolute Gasteiger partial charge is 0.352 e. The Morgan fingerprint density at radius 2 is 1.94 bits per heavy atom. The van der Waals surface area contributed by atoms with Gasteiger partial charge >= 0.3 is 0 Å². The first-order chi connectivity index (χ1) is 15.6. The van der Waals surface area contributed by atoms with Crippen molar-refractivity contribution in [2.75, 3.05) is 13.1 Å². The molecule has 2 amide bonds. The summed E-state index contributed by atoms with van der Waals surface area (Å²) in [4.78, 5) is 27.0. The maximum Gasteiger partial charge on any atom is 0.225 e. The third-order valence-electron chi connectivity index (χ3n) is 5.91. The lowest BCUT2D eigenvalue weighted by molar-refractivity contribution is -0.138. The van der Waals surface area contributed by atoms with E-state index in [1.54, 1.807) is 18.3 Å². The zero-order valence-electron chi connectivity index (χ0n) is 17.9. The molecular weight excluding hydrogens is 407 g/mol. The van der Waals surface area contributed by atoms with E-state index in [0.29, 0.717) is 32.5 Å². The van der Waals surface area contributed by atoms with Gasteiger partial charge in [-0.3, -0.25) is 14.7 Å². The summed E-state index contributed by atoms with van der Waals surface area (Å²) in [6, 6.07) is 16.3. The van der Waals surface area contributed by atoms with Crippen LogP contribution in [-0.4, -0.2) is 40.0 Å². The molecule has 7 heteroatoms. The molecule has 2 N–H and O–H groups in total. The molecule has 0 aliphatic carbocycles.